The molecule has 130 valence electrons. The van der Waals surface area contributed by atoms with E-state index in [1.54, 1.807) is 0 Å². The molecule has 2 heterocycles. The molecule has 8 heteroatoms. The summed E-state index contributed by atoms with van der Waals surface area (Å²) < 4.78 is 26.6. The lowest BCUT2D eigenvalue weighted by Crippen LogP contribution is -2.46. The first-order chi connectivity index (χ1) is 10.7. The Balaban J connectivity index is 1.87. The van der Waals surface area contributed by atoms with Gasteiger partial charge in [-0.05, 0) is 38.7 Å². The van der Waals surface area contributed by atoms with Crippen molar-refractivity contribution in [3.05, 3.63) is 17.5 Å². The van der Waals surface area contributed by atoms with Crippen LogP contribution < -0.4 is 5.32 Å². The minimum Gasteiger partial charge on any atom is -0.354 e. The number of hydrogen-bond acceptors (Lipinski definition) is 4. The SMILES string of the molecule is Cc1cc(C)n(CC(C)CNC(=O)C2CCCN2S(C)(=O)=O)n1. The maximum Gasteiger partial charge on any atom is 0.238 e. The van der Waals surface area contributed by atoms with E-state index in [9.17, 15) is 13.2 Å². The van der Waals surface area contributed by atoms with Gasteiger partial charge in [0.1, 0.15) is 6.04 Å². The predicted molar refractivity (Wildman–Crippen MR) is 88.4 cm³/mol. The van der Waals surface area contributed by atoms with Crippen LogP contribution in [0.3, 0.4) is 0 Å². The van der Waals surface area contributed by atoms with Gasteiger partial charge in [-0.3, -0.25) is 9.48 Å². The lowest BCUT2D eigenvalue weighted by Gasteiger charge is -2.22. The molecule has 0 spiro atoms. The summed E-state index contributed by atoms with van der Waals surface area (Å²) in [6.07, 6.45) is 2.47. The van der Waals surface area contributed by atoms with Gasteiger partial charge in [-0.2, -0.15) is 9.40 Å². The molecule has 0 aromatic carbocycles. The van der Waals surface area contributed by atoms with Crippen molar-refractivity contribution < 1.29 is 13.2 Å². The third kappa shape index (κ3) is 4.54. The summed E-state index contributed by atoms with van der Waals surface area (Å²) in [6, 6.07) is 1.46. The Kier molecular flexibility index (Phi) is 5.46. The number of amides is 1. The van der Waals surface area contributed by atoms with Crippen LogP contribution in [0.15, 0.2) is 6.07 Å². The third-order valence-electron chi connectivity index (χ3n) is 4.15. The summed E-state index contributed by atoms with van der Waals surface area (Å²) in [5.74, 6) is 0.0122. The lowest BCUT2D eigenvalue weighted by atomic mass is 10.1. The van der Waals surface area contributed by atoms with Crippen molar-refractivity contribution in [3.8, 4) is 0 Å². The van der Waals surface area contributed by atoms with E-state index in [-0.39, 0.29) is 11.8 Å². The smallest absolute Gasteiger partial charge is 0.238 e. The van der Waals surface area contributed by atoms with Crippen LogP contribution in [0, 0.1) is 19.8 Å². The van der Waals surface area contributed by atoms with E-state index < -0.39 is 16.1 Å². The summed E-state index contributed by atoms with van der Waals surface area (Å²) >= 11 is 0. The zero-order valence-corrected chi connectivity index (χ0v) is 15.1. The molecule has 1 aliphatic heterocycles. The van der Waals surface area contributed by atoms with Gasteiger partial charge in [0.2, 0.25) is 15.9 Å². The highest BCUT2D eigenvalue weighted by Crippen LogP contribution is 2.20. The van der Waals surface area contributed by atoms with Gasteiger partial charge < -0.3 is 5.32 Å². The zero-order valence-electron chi connectivity index (χ0n) is 14.2. The van der Waals surface area contributed by atoms with E-state index in [0.29, 0.717) is 19.5 Å². The van der Waals surface area contributed by atoms with Crippen LogP contribution >= 0.6 is 0 Å². The molecule has 1 aromatic heterocycles. The minimum absolute atomic E-state index is 0.201. The Bertz CT molecular complexity index is 668. The highest BCUT2D eigenvalue weighted by atomic mass is 32.2. The van der Waals surface area contributed by atoms with Gasteiger partial charge in [-0.25, -0.2) is 8.42 Å². The fourth-order valence-electron chi connectivity index (χ4n) is 3.01. The Morgan fingerprint density at radius 2 is 2.17 bits per heavy atom. The number of aromatic nitrogens is 2. The summed E-state index contributed by atoms with van der Waals surface area (Å²) in [5, 5.41) is 7.30. The average Bonchev–Trinajstić information content (AvgIpc) is 3.03. The third-order valence-corrected chi connectivity index (χ3v) is 5.43. The van der Waals surface area contributed by atoms with Crippen LogP contribution in [0.4, 0.5) is 0 Å². The molecule has 1 aliphatic rings. The summed E-state index contributed by atoms with van der Waals surface area (Å²) in [7, 11) is -3.33. The number of nitrogens with one attached hydrogen (secondary N) is 1. The Morgan fingerprint density at radius 3 is 2.74 bits per heavy atom. The Hall–Kier alpha value is -1.41. The fourth-order valence-corrected chi connectivity index (χ4v) is 4.14. The Labute approximate surface area is 138 Å². The minimum atomic E-state index is -3.33. The molecule has 1 saturated heterocycles. The summed E-state index contributed by atoms with van der Waals surface area (Å²) in [5.41, 5.74) is 2.08. The standard InChI is InChI=1S/C15H26N4O3S/c1-11(10-18-13(3)8-12(2)17-18)9-16-15(20)14-6-5-7-19(14)23(4,21)22/h8,11,14H,5-7,9-10H2,1-4H3,(H,16,20). The van der Waals surface area contributed by atoms with Crippen LogP contribution in [0.5, 0.6) is 0 Å². The first kappa shape index (κ1) is 17.9. The lowest BCUT2D eigenvalue weighted by molar-refractivity contribution is -0.124. The van der Waals surface area contributed by atoms with Gasteiger partial charge in [0, 0.05) is 25.3 Å². The van der Waals surface area contributed by atoms with Crippen molar-refractivity contribution in [1.29, 1.82) is 0 Å². The normalized spacial score (nSPS) is 20.6. The highest BCUT2D eigenvalue weighted by molar-refractivity contribution is 7.88. The molecule has 7 nitrogen and oxygen atoms in total. The molecular weight excluding hydrogens is 316 g/mol. The molecule has 0 bridgehead atoms. The fraction of sp³-hybridized carbons (Fsp3) is 0.733. The van der Waals surface area contributed by atoms with E-state index in [4.69, 9.17) is 0 Å². The largest absolute Gasteiger partial charge is 0.354 e. The van der Waals surface area contributed by atoms with Crippen LogP contribution in [0.25, 0.3) is 0 Å². The highest BCUT2D eigenvalue weighted by Gasteiger charge is 2.36. The molecule has 1 aromatic rings. The van der Waals surface area contributed by atoms with Gasteiger partial charge >= 0.3 is 0 Å². The van der Waals surface area contributed by atoms with Crippen LogP contribution in [-0.4, -0.2) is 53.8 Å². The molecule has 1 N–H and O–H groups in total. The van der Waals surface area contributed by atoms with E-state index in [0.717, 1.165) is 30.6 Å². The molecule has 1 amide bonds. The second-order valence-electron chi connectivity index (χ2n) is 6.49. The van der Waals surface area contributed by atoms with E-state index in [1.165, 1.54) is 4.31 Å². The van der Waals surface area contributed by atoms with Crippen LogP contribution in [-0.2, 0) is 21.4 Å². The van der Waals surface area contributed by atoms with E-state index in [2.05, 4.69) is 10.4 Å². The van der Waals surface area contributed by atoms with Gasteiger partial charge in [0.05, 0.1) is 11.9 Å². The molecule has 2 atom stereocenters. The molecule has 0 saturated carbocycles. The number of aryl methyl sites for hydroxylation is 2. The average molecular weight is 342 g/mol. The van der Waals surface area contributed by atoms with Crippen molar-refractivity contribution in [1.82, 2.24) is 19.4 Å². The van der Waals surface area contributed by atoms with Crippen molar-refractivity contribution in [2.75, 3.05) is 19.3 Å². The predicted octanol–water partition coefficient (Wildman–Crippen LogP) is 0.676. The van der Waals surface area contributed by atoms with E-state index in [1.807, 2.05) is 31.5 Å². The van der Waals surface area contributed by atoms with Crippen molar-refractivity contribution >= 4 is 15.9 Å². The molecule has 0 radical (unpaired) electrons. The van der Waals surface area contributed by atoms with Crippen molar-refractivity contribution in [2.24, 2.45) is 5.92 Å². The zero-order chi connectivity index (χ0) is 17.2. The molecule has 23 heavy (non-hydrogen) atoms. The first-order valence-electron chi connectivity index (χ1n) is 7.94. The number of nitrogens with zero attached hydrogens (tertiary/aromatic N) is 3. The summed E-state index contributed by atoms with van der Waals surface area (Å²) in [6.45, 7) is 7.66. The molecule has 0 aliphatic carbocycles. The van der Waals surface area contributed by atoms with Crippen LogP contribution in [0.1, 0.15) is 31.2 Å². The number of carbonyl (C=O) groups excluding carboxylic acids is 1. The van der Waals surface area contributed by atoms with Gasteiger partial charge in [-0.1, -0.05) is 6.92 Å². The number of rotatable bonds is 6. The molecular formula is C15H26N4O3S. The Morgan fingerprint density at radius 1 is 1.48 bits per heavy atom. The molecule has 2 unspecified atom stereocenters. The quantitative estimate of drug-likeness (QED) is 0.824. The summed E-state index contributed by atoms with van der Waals surface area (Å²) in [4.78, 5) is 12.3. The molecule has 1 fully saturated rings. The first-order valence-corrected chi connectivity index (χ1v) is 9.79. The molecule has 2 rings (SSSR count). The number of sulfonamides is 1. The van der Waals surface area contributed by atoms with Gasteiger partial charge in [0.25, 0.3) is 0 Å². The monoisotopic (exact) mass is 342 g/mol. The van der Waals surface area contributed by atoms with E-state index >= 15 is 0 Å². The number of hydrogen-bond donors (Lipinski definition) is 1. The maximum atomic E-state index is 12.3. The topological polar surface area (TPSA) is 84.3 Å². The van der Waals surface area contributed by atoms with Gasteiger partial charge in [0.15, 0.2) is 0 Å². The van der Waals surface area contributed by atoms with Crippen molar-refractivity contribution in [3.63, 3.8) is 0 Å². The van der Waals surface area contributed by atoms with Crippen molar-refractivity contribution in [2.45, 2.75) is 46.2 Å². The van der Waals surface area contributed by atoms with Crippen LogP contribution in [0.2, 0.25) is 0 Å². The van der Waals surface area contributed by atoms with Gasteiger partial charge in [-0.15, -0.1) is 0 Å². The maximum absolute atomic E-state index is 12.3. The second kappa shape index (κ2) is 7.00. The number of carbonyl (C=O) groups is 1. The second-order valence-corrected chi connectivity index (χ2v) is 8.43.